The molecule has 0 aromatic heterocycles. The molecule has 1 N–H and O–H groups in total. The molecule has 1 aliphatic heterocycles. The zero-order valence-corrected chi connectivity index (χ0v) is 10.5. The summed E-state index contributed by atoms with van der Waals surface area (Å²) in [5, 5.41) is 3.61. The predicted molar refractivity (Wildman–Crippen MR) is 65.0 cm³/mol. The molecular formula is C13H25NO. The van der Waals surface area contributed by atoms with Crippen molar-refractivity contribution in [1.29, 1.82) is 0 Å². The van der Waals surface area contributed by atoms with E-state index < -0.39 is 0 Å². The maximum Gasteiger partial charge on any atom is 0.0551 e. The lowest BCUT2D eigenvalue weighted by Gasteiger charge is -2.21. The minimum atomic E-state index is 0.437. The maximum atomic E-state index is 5.64. The van der Waals surface area contributed by atoms with E-state index in [1.54, 1.807) is 0 Å². The molecule has 3 unspecified atom stereocenters. The van der Waals surface area contributed by atoms with E-state index in [2.05, 4.69) is 39.1 Å². The number of nitrogens with one attached hydrogen (secondary N) is 1. The average molecular weight is 211 g/mol. The summed E-state index contributed by atoms with van der Waals surface area (Å²) < 4.78 is 5.64. The van der Waals surface area contributed by atoms with E-state index in [1.165, 1.54) is 18.4 Å². The van der Waals surface area contributed by atoms with E-state index in [0.29, 0.717) is 18.1 Å². The third-order valence-corrected chi connectivity index (χ3v) is 2.88. The van der Waals surface area contributed by atoms with Crippen molar-refractivity contribution in [3.63, 3.8) is 0 Å². The van der Waals surface area contributed by atoms with Gasteiger partial charge < -0.3 is 10.1 Å². The quantitative estimate of drug-likeness (QED) is 0.706. The van der Waals surface area contributed by atoms with Gasteiger partial charge in [-0.3, -0.25) is 0 Å². The Balaban J connectivity index is 2.51. The molecule has 15 heavy (non-hydrogen) atoms. The van der Waals surface area contributed by atoms with Gasteiger partial charge in [-0.05, 0) is 40.2 Å². The van der Waals surface area contributed by atoms with Gasteiger partial charge >= 0.3 is 0 Å². The number of hydrogen-bond donors (Lipinski definition) is 1. The van der Waals surface area contributed by atoms with Crippen molar-refractivity contribution in [3.05, 3.63) is 11.6 Å². The fourth-order valence-corrected chi connectivity index (χ4v) is 2.13. The van der Waals surface area contributed by atoms with Gasteiger partial charge in [-0.25, -0.2) is 0 Å². The van der Waals surface area contributed by atoms with Gasteiger partial charge in [0, 0.05) is 12.0 Å². The van der Waals surface area contributed by atoms with Crippen molar-refractivity contribution >= 4 is 0 Å². The Morgan fingerprint density at radius 3 is 2.73 bits per heavy atom. The van der Waals surface area contributed by atoms with E-state index >= 15 is 0 Å². The van der Waals surface area contributed by atoms with Crippen LogP contribution in [0.5, 0.6) is 0 Å². The van der Waals surface area contributed by atoms with Gasteiger partial charge in [0.05, 0.1) is 12.7 Å². The first kappa shape index (κ1) is 12.7. The van der Waals surface area contributed by atoms with Crippen LogP contribution in [0.15, 0.2) is 11.6 Å². The Morgan fingerprint density at radius 2 is 2.27 bits per heavy atom. The number of hydrogen-bond acceptors (Lipinski definition) is 2. The molecule has 0 saturated carbocycles. The third-order valence-electron chi connectivity index (χ3n) is 2.88. The van der Waals surface area contributed by atoms with E-state index in [0.717, 1.165) is 13.2 Å². The summed E-state index contributed by atoms with van der Waals surface area (Å²) in [5.74, 6) is 0.654. The molecule has 1 fully saturated rings. The van der Waals surface area contributed by atoms with E-state index in [9.17, 15) is 0 Å². The van der Waals surface area contributed by atoms with Crippen LogP contribution in [0, 0.1) is 5.92 Å². The van der Waals surface area contributed by atoms with Gasteiger partial charge in [-0.15, -0.1) is 0 Å². The first-order valence-electron chi connectivity index (χ1n) is 6.13. The summed E-state index contributed by atoms with van der Waals surface area (Å²) in [6.07, 6.45) is 5.16. The molecule has 1 aliphatic rings. The smallest absolute Gasteiger partial charge is 0.0551 e. The molecule has 0 aromatic carbocycles. The van der Waals surface area contributed by atoms with Crippen LogP contribution < -0.4 is 5.32 Å². The number of rotatable bonds is 5. The molecule has 0 spiro atoms. The van der Waals surface area contributed by atoms with Gasteiger partial charge in [0.1, 0.15) is 0 Å². The Hall–Kier alpha value is -0.340. The second kappa shape index (κ2) is 6.29. The minimum absolute atomic E-state index is 0.437. The molecule has 2 nitrogen and oxygen atoms in total. The number of allylic oxidation sites excluding steroid dienone is 1. The van der Waals surface area contributed by atoms with Crippen molar-refractivity contribution in [2.45, 2.75) is 52.7 Å². The minimum Gasteiger partial charge on any atom is -0.378 e. The first-order valence-corrected chi connectivity index (χ1v) is 6.13. The summed E-state index contributed by atoms with van der Waals surface area (Å²) in [6, 6.07) is 0.500. The van der Waals surface area contributed by atoms with Gasteiger partial charge in [0.2, 0.25) is 0 Å². The highest BCUT2D eigenvalue weighted by Crippen LogP contribution is 2.23. The van der Waals surface area contributed by atoms with Gasteiger partial charge in [-0.1, -0.05) is 18.6 Å². The van der Waals surface area contributed by atoms with Crippen LogP contribution in [0.3, 0.4) is 0 Å². The molecular weight excluding hydrogens is 186 g/mol. The summed E-state index contributed by atoms with van der Waals surface area (Å²) in [7, 11) is 0. The van der Waals surface area contributed by atoms with Crippen LogP contribution in [0.25, 0.3) is 0 Å². The Bertz CT molecular complexity index is 209. The molecule has 1 saturated heterocycles. The van der Waals surface area contributed by atoms with Crippen molar-refractivity contribution in [3.8, 4) is 0 Å². The SMILES string of the molecule is CCCNC(C=C(C)C)C1COC(C)C1. The molecule has 0 radical (unpaired) electrons. The van der Waals surface area contributed by atoms with Crippen LogP contribution in [-0.2, 0) is 4.74 Å². The zero-order chi connectivity index (χ0) is 11.3. The lowest BCUT2D eigenvalue weighted by molar-refractivity contribution is 0.118. The third kappa shape index (κ3) is 4.35. The normalized spacial score (nSPS) is 27.7. The summed E-state index contributed by atoms with van der Waals surface area (Å²) >= 11 is 0. The molecule has 2 heteroatoms. The van der Waals surface area contributed by atoms with E-state index in [1.807, 2.05) is 0 Å². The second-order valence-corrected chi connectivity index (χ2v) is 4.86. The standard InChI is InChI=1S/C13H25NO/c1-5-6-14-13(7-10(2)3)12-8-11(4)15-9-12/h7,11-14H,5-6,8-9H2,1-4H3. The highest BCUT2D eigenvalue weighted by molar-refractivity contribution is 5.04. The molecule has 0 aromatic rings. The van der Waals surface area contributed by atoms with Gasteiger partial charge in [0.25, 0.3) is 0 Å². The summed E-state index contributed by atoms with van der Waals surface area (Å²) in [4.78, 5) is 0. The Kier molecular flexibility index (Phi) is 5.34. The highest BCUT2D eigenvalue weighted by atomic mass is 16.5. The van der Waals surface area contributed by atoms with Crippen LogP contribution in [0.1, 0.15) is 40.5 Å². The van der Waals surface area contributed by atoms with Crippen LogP contribution >= 0.6 is 0 Å². The Labute approximate surface area is 94.1 Å². The van der Waals surface area contributed by atoms with E-state index in [4.69, 9.17) is 4.74 Å². The molecule has 0 amide bonds. The zero-order valence-electron chi connectivity index (χ0n) is 10.5. The molecule has 88 valence electrons. The maximum absolute atomic E-state index is 5.64. The molecule has 1 heterocycles. The van der Waals surface area contributed by atoms with Gasteiger partial charge in [0.15, 0.2) is 0 Å². The van der Waals surface area contributed by atoms with Crippen LogP contribution in [0.2, 0.25) is 0 Å². The lowest BCUT2D eigenvalue weighted by atomic mass is 9.95. The predicted octanol–water partition coefficient (Wildman–Crippen LogP) is 2.75. The average Bonchev–Trinajstić information content (AvgIpc) is 2.58. The summed E-state index contributed by atoms with van der Waals surface area (Å²) in [5.41, 5.74) is 1.39. The molecule has 0 bridgehead atoms. The van der Waals surface area contributed by atoms with Gasteiger partial charge in [-0.2, -0.15) is 0 Å². The molecule has 1 rings (SSSR count). The molecule has 0 aliphatic carbocycles. The van der Waals surface area contributed by atoms with Crippen LogP contribution in [0.4, 0.5) is 0 Å². The van der Waals surface area contributed by atoms with Crippen LogP contribution in [-0.4, -0.2) is 25.3 Å². The topological polar surface area (TPSA) is 21.3 Å². The fraction of sp³-hybridized carbons (Fsp3) is 0.846. The second-order valence-electron chi connectivity index (χ2n) is 4.86. The first-order chi connectivity index (χ1) is 7.13. The fourth-order valence-electron chi connectivity index (χ4n) is 2.13. The highest BCUT2D eigenvalue weighted by Gasteiger charge is 2.27. The lowest BCUT2D eigenvalue weighted by Crippen LogP contribution is -2.35. The number of ether oxygens (including phenoxy) is 1. The van der Waals surface area contributed by atoms with E-state index in [-0.39, 0.29) is 0 Å². The summed E-state index contributed by atoms with van der Waals surface area (Å²) in [6.45, 7) is 10.7. The largest absolute Gasteiger partial charge is 0.378 e. The van der Waals surface area contributed by atoms with Crippen molar-refractivity contribution < 1.29 is 4.74 Å². The van der Waals surface area contributed by atoms with Crippen molar-refractivity contribution in [2.24, 2.45) is 5.92 Å². The Morgan fingerprint density at radius 1 is 1.53 bits per heavy atom. The van der Waals surface area contributed by atoms with Crippen molar-refractivity contribution in [1.82, 2.24) is 5.32 Å². The monoisotopic (exact) mass is 211 g/mol. The van der Waals surface area contributed by atoms with Crippen molar-refractivity contribution in [2.75, 3.05) is 13.2 Å². The molecule has 3 atom stereocenters.